The lowest BCUT2D eigenvalue weighted by Crippen LogP contribution is -2.36. The summed E-state index contributed by atoms with van der Waals surface area (Å²) in [7, 11) is 0. The maximum atomic E-state index is 13.2. The van der Waals surface area contributed by atoms with Crippen molar-refractivity contribution in [2.45, 2.75) is 26.2 Å². The van der Waals surface area contributed by atoms with Crippen molar-refractivity contribution in [3.05, 3.63) is 40.8 Å². The maximum Gasteiger partial charge on any atom is 0.339 e. The molecule has 2 aromatic heterocycles. The molecule has 0 aliphatic carbocycles. The molecule has 0 radical (unpaired) electrons. The first-order valence-electron chi connectivity index (χ1n) is 11.0. The van der Waals surface area contributed by atoms with E-state index < -0.39 is 0 Å². The molecule has 2 fully saturated rings. The van der Waals surface area contributed by atoms with Gasteiger partial charge in [0.2, 0.25) is 5.95 Å². The number of aromatic nitrogens is 3. The van der Waals surface area contributed by atoms with Crippen molar-refractivity contribution in [1.82, 2.24) is 19.9 Å². The molecule has 1 amide bonds. The lowest BCUT2D eigenvalue weighted by molar-refractivity contribution is 0.0525. The first-order chi connectivity index (χ1) is 15.6. The van der Waals surface area contributed by atoms with Gasteiger partial charge in [0.1, 0.15) is 5.82 Å². The van der Waals surface area contributed by atoms with E-state index in [1.54, 1.807) is 17.9 Å². The molecular formula is C22H27ClN6O3. The second kappa shape index (κ2) is 10.1. The van der Waals surface area contributed by atoms with Crippen molar-refractivity contribution in [3.63, 3.8) is 0 Å². The lowest BCUT2D eigenvalue weighted by Gasteiger charge is -2.23. The van der Waals surface area contributed by atoms with Crippen LogP contribution in [0.4, 0.5) is 11.8 Å². The molecule has 0 spiro atoms. The summed E-state index contributed by atoms with van der Waals surface area (Å²) in [4.78, 5) is 44.3. The van der Waals surface area contributed by atoms with E-state index in [1.165, 1.54) is 12.4 Å². The Bertz CT molecular complexity index is 965. The topological polar surface area (TPSA) is 91.8 Å². The van der Waals surface area contributed by atoms with E-state index in [9.17, 15) is 9.59 Å². The molecular weight excluding hydrogens is 432 g/mol. The number of carbonyl (C=O) groups is 2. The van der Waals surface area contributed by atoms with Crippen molar-refractivity contribution in [3.8, 4) is 0 Å². The number of pyridine rings is 1. The quantitative estimate of drug-likeness (QED) is 0.631. The van der Waals surface area contributed by atoms with Crippen LogP contribution in [0.25, 0.3) is 0 Å². The first-order valence-corrected chi connectivity index (χ1v) is 11.4. The Kier molecular flexibility index (Phi) is 7.04. The minimum Gasteiger partial charge on any atom is -0.462 e. The minimum absolute atomic E-state index is 0.176. The summed E-state index contributed by atoms with van der Waals surface area (Å²) in [6.45, 7) is 6.41. The van der Waals surface area contributed by atoms with Crippen LogP contribution in [-0.4, -0.2) is 77.6 Å². The molecule has 2 saturated heterocycles. The number of carbonyl (C=O) groups excluding carboxylic acids is 2. The van der Waals surface area contributed by atoms with Crippen molar-refractivity contribution < 1.29 is 14.3 Å². The van der Waals surface area contributed by atoms with Gasteiger partial charge in [-0.3, -0.25) is 4.79 Å². The monoisotopic (exact) mass is 458 g/mol. The zero-order valence-electron chi connectivity index (χ0n) is 18.2. The Labute approximate surface area is 192 Å². The zero-order chi connectivity index (χ0) is 22.5. The van der Waals surface area contributed by atoms with E-state index in [0.29, 0.717) is 37.8 Å². The molecule has 0 unspecified atom stereocenters. The van der Waals surface area contributed by atoms with Gasteiger partial charge in [-0.15, -0.1) is 0 Å². The molecule has 0 N–H and O–H groups in total. The number of halogens is 1. The van der Waals surface area contributed by atoms with Gasteiger partial charge >= 0.3 is 5.97 Å². The lowest BCUT2D eigenvalue weighted by atomic mass is 10.2. The summed E-state index contributed by atoms with van der Waals surface area (Å²) < 4.78 is 5.01. The highest BCUT2D eigenvalue weighted by Gasteiger charge is 2.26. The number of hydrogen-bond acceptors (Lipinski definition) is 8. The van der Waals surface area contributed by atoms with E-state index >= 15 is 0 Å². The van der Waals surface area contributed by atoms with E-state index in [2.05, 4.69) is 24.8 Å². The Balaban J connectivity index is 1.42. The molecule has 0 bridgehead atoms. The number of esters is 1. The summed E-state index contributed by atoms with van der Waals surface area (Å²) >= 11 is 6.30. The van der Waals surface area contributed by atoms with Crippen LogP contribution < -0.4 is 9.80 Å². The van der Waals surface area contributed by atoms with Crippen LogP contribution in [0, 0.1) is 0 Å². The summed E-state index contributed by atoms with van der Waals surface area (Å²) in [6, 6.07) is 3.53. The van der Waals surface area contributed by atoms with E-state index in [1.807, 2.05) is 6.07 Å². The Morgan fingerprint density at radius 2 is 1.75 bits per heavy atom. The fourth-order valence-corrected chi connectivity index (χ4v) is 4.16. The van der Waals surface area contributed by atoms with Gasteiger partial charge in [0.15, 0.2) is 5.69 Å². The summed E-state index contributed by atoms with van der Waals surface area (Å²) in [6.07, 6.45) is 6.04. The van der Waals surface area contributed by atoms with E-state index in [4.69, 9.17) is 16.3 Å². The van der Waals surface area contributed by atoms with Gasteiger partial charge in [-0.05, 0) is 38.3 Å². The molecule has 170 valence electrons. The molecule has 2 aliphatic heterocycles. The fourth-order valence-electron chi connectivity index (χ4n) is 3.98. The first kappa shape index (κ1) is 22.3. The van der Waals surface area contributed by atoms with Gasteiger partial charge in [-0.1, -0.05) is 11.6 Å². The highest BCUT2D eigenvalue weighted by molar-refractivity contribution is 6.33. The largest absolute Gasteiger partial charge is 0.462 e. The Morgan fingerprint density at radius 1 is 0.969 bits per heavy atom. The molecule has 4 rings (SSSR count). The average molecular weight is 459 g/mol. The molecule has 2 aromatic rings. The van der Waals surface area contributed by atoms with Crippen molar-refractivity contribution >= 4 is 35.2 Å². The molecule has 4 heterocycles. The summed E-state index contributed by atoms with van der Waals surface area (Å²) in [5.41, 5.74) is 0.684. The molecule has 32 heavy (non-hydrogen) atoms. The van der Waals surface area contributed by atoms with Gasteiger partial charge < -0.3 is 19.4 Å². The third kappa shape index (κ3) is 4.93. The van der Waals surface area contributed by atoms with Gasteiger partial charge in [-0.25, -0.2) is 19.7 Å². The number of ether oxygens (including phenoxy) is 1. The molecule has 2 aliphatic rings. The third-order valence-corrected chi connectivity index (χ3v) is 5.97. The normalized spacial score (nSPS) is 16.8. The Morgan fingerprint density at radius 3 is 2.47 bits per heavy atom. The molecule has 10 heteroatoms. The van der Waals surface area contributed by atoms with E-state index in [-0.39, 0.29) is 22.6 Å². The predicted octanol–water partition coefficient (Wildman–Crippen LogP) is 2.65. The van der Waals surface area contributed by atoms with Gasteiger partial charge in [-0.2, -0.15) is 0 Å². The van der Waals surface area contributed by atoms with Gasteiger partial charge in [0.25, 0.3) is 5.91 Å². The highest BCUT2D eigenvalue weighted by atomic mass is 35.5. The predicted molar refractivity (Wildman–Crippen MR) is 121 cm³/mol. The van der Waals surface area contributed by atoms with Crippen LogP contribution in [0.1, 0.15) is 47.0 Å². The van der Waals surface area contributed by atoms with E-state index in [0.717, 1.165) is 44.7 Å². The highest BCUT2D eigenvalue weighted by Crippen LogP contribution is 2.22. The van der Waals surface area contributed by atoms with Crippen LogP contribution in [0.2, 0.25) is 5.02 Å². The number of nitrogens with zero attached hydrogens (tertiary/aromatic N) is 6. The molecule has 0 aromatic carbocycles. The molecule has 0 atom stereocenters. The second-order valence-corrected chi connectivity index (χ2v) is 8.23. The summed E-state index contributed by atoms with van der Waals surface area (Å²) in [5, 5.41) is 0.273. The molecule has 0 saturated carbocycles. The van der Waals surface area contributed by atoms with Gasteiger partial charge in [0.05, 0.1) is 23.4 Å². The Hall–Kier alpha value is -2.94. The zero-order valence-corrected chi connectivity index (χ0v) is 18.9. The fraction of sp³-hybridized carbons (Fsp3) is 0.500. The number of anilines is 2. The van der Waals surface area contributed by atoms with Crippen molar-refractivity contribution in [2.75, 3.05) is 55.7 Å². The van der Waals surface area contributed by atoms with Crippen LogP contribution in [0.5, 0.6) is 0 Å². The van der Waals surface area contributed by atoms with Crippen LogP contribution in [0.3, 0.4) is 0 Å². The van der Waals surface area contributed by atoms with Crippen LogP contribution >= 0.6 is 11.6 Å². The number of amides is 1. The van der Waals surface area contributed by atoms with Gasteiger partial charge in [0, 0.05) is 45.5 Å². The SMILES string of the molecule is CCOC(=O)c1ccc(N2CCCN(C(=O)c3nc(N4CCCC4)ncc3Cl)CC2)nc1. The number of hydrogen-bond donors (Lipinski definition) is 0. The smallest absolute Gasteiger partial charge is 0.339 e. The maximum absolute atomic E-state index is 13.2. The average Bonchev–Trinajstić information content (AvgIpc) is 3.24. The second-order valence-electron chi connectivity index (χ2n) is 7.82. The third-order valence-electron chi connectivity index (χ3n) is 5.69. The molecule has 9 nitrogen and oxygen atoms in total. The van der Waals surface area contributed by atoms with Crippen LogP contribution in [0.15, 0.2) is 24.5 Å². The minimum atomic E-state index is -0.380. The van der Waals surface area contributed by atoms with Crippen molar-refractivity contribution in [1.29, 1.82) is 0 Å². The summed E-state index contributed by atoms with van der Waals surface area (Å²) in [5.74, 6) is 0.779. The standard InChI is InChI=1S/C22H27ClN6O3/c1-2-32-21(31)16-6-7-18(24-14-16)27-10-5-11-28(13-12-27)20(30)19-17(23)15-25-22(26-19)29-8-3-4-9-29/h6-7,14-15H,2-5,8-13H2,1H3. The van der Waals surface area contributed by atoms with Crippen LogP contribution in [-0.2, 0) is 4.74 Å². The number of rotatable bonds is 5. The van der Waals surface area contributed by atoms with Crippen molar-refractivity contribution in [2.24, 2.45) is 0 Å².